The molecule has 0 atom stereocenters. The summed E-state index contributed by atoms with van der Waals surface area (Å²) in [5.74, 6) is 0. The Morgan fingerprint density at radius 2 is 0.788 bits per heavy atom. The van der Waals surface area contributed by atoms with Crippen molar-refractivity contribution in [3.63, 3.8) is 0 Å². The lowest BCUT2D eigenvalue weighted by atomic mass is 9.72. The van der Waals surface area contributed by atoms with Gasteiger partial charge in [-0.05, 0) is 119 Å². The van der Waals surface area contributed by atoms with Gasteiger partial charge in [0.05, 0.1) is 13.7 Å². The molecule has 0 aromatic heterocycles. The Bertz CT molecular complexity index is 2850. The van der Waals surface area contributed by atoms with E-state index >= 15 is 0 Å². The highest BCUT2D eigenvalue weighted by Gasteiger charge is 2.52. The maximum atomic E-state index is 9.36. The summed E-state index contributed by atoms with van der Waals surface area (Å²) in [4.78, 5) is 4.55. The smallest absolute Gasteiger partial charge is 0.0629 e. The standard InChI is InChI=1S/C50H48N2/c1-47(2)41-23-15-17-25-43(41)51(49(47,5)6)35-27-29-37-39(31-35)45(33-19-11-9-12-20-33)38-30-28-36(32-40(38)46(37)34-21-13-10-14-22-34)52-44-26-18-16-24-42(44)48(3,4)50(52,7)8/h9-32H,1-8H3/i9D,10D,11D,12D,13D,14D,19D,20D,21D,22D. The van der Waals surface area contributed by atoms with Gasteiger partial charge in [0, 0.05) is 44.7 Å². The number of rotatable bonds is 4. The van der Waals surface area contributed by atoms with E-state index in [1.165, 1.54) is 0 Å². The monoisotopic (exact) mass is 686 g/mol. The minimum Gasteiger partial charge on any atom is -0.335 e. The highest BCUT2D eigenvalue weighted by molar-refractivity contribution is 6.22. The zero-order chi connectivity index (χ0) is 44.9. The van der Waals surface area contributed by atoms with Crippen LogP contribution in [0.2, 0.25) is 0 Å². The number of anilines is 4. The van der Waals surface area contributed by atoms with E-state index in [9.17, 15) is 5.48 Å². The lowest BCUT2D eigenvalue weighted by Gasteiger charge is -2.43. The fourth-order valence-corrected chi connectivity index (χ4v) is 8.91. The molecule has 0 amide bonds. The second-order valence-corrected chi connectivity index (χ2v) is 16.3. The molecule has 0 spiro atoms. The molecule has 2 heteroatoms. The van der Waals surface area contributed by atoms with E-state index in [0.717, 1.165) is 33.9 Å². The van der Waals surface area contributed by atoms with Crippen molar-refractivity contribution in [1.82, 2.24) is 0 Å². The zero-order valence-corrected chi connectivity index (χ0v) is 31.0. The van der Waals surface area contributed by atoms with Crippen LogP contribution in [0.5, 0.6) is 0 Å². The molecule has 0 fully saturated rings. The van der Waals surface area contributed by atoms with Gasteiger partial charge in [-0.1, -0.05) is 137 Å². The quantitative estimate of drug-likeness (QED) is 0.170. The van der Waals surface area contributed by atoms with Crippen LogP contribution >= 0.6 is 0 Å². The average molecular weight is 687 g/mol. The molecule has 52 heavy (non-hydrogen) atoms. The molecule has 0 bridgehead atoms. The van der Waals surface area contributed by atoms with Crippen LogP contribution in [0.1, 0.15) is 80.2 Å². The molecule has 2 aliphatic rings. The number of hydrogen-bond donors (Lipinski definition) is 0. The van der Waals surface area contributed by atoms with E-state index in [1.807, 2.05) is 60.7 Å². The molecule has 9 rings (SSSR count). The summed E-state index contributed by atoms with van der Waals surface area (Å²) in [6.07, 6.45) is 0. The highest BCUT2D eigenvalue weighted by Crippen LogP contribution is 2.57. The Labute approximate surface area is 323 Å². The molecule has 0 N–H and O–H groups in total. The molecule has 258 valence electrons. The SMILES string of the molecule is [2H]c1c([2H])c([2H])c(-c2c3ccc(N4c5ccccc5C(C)(C)C4(C)C)cc3c(-c3c([2H])c([2H])c([2H])c([2H])c3[2H])c3ccc(N4c5ccccc5C(C)(C)C4(C)C)cc23)c([2H])c1[2H]. The first kappa shape index (κ1) is 23.3. The normalized spacial score (nSPS) is 20.5. The largest absolute Gasteiger partial charge is 0.335 e. The van der Waals surface area contributed by atoms with Crippen LogP contribution < -0.4 is 9.80 Å². The summed E-state index contributed by atoms with van der Waals surface area (Å²) >= 11 is 0. The van der Waals surface area contributed by atoms with Gasteiger partial charge in [-0.2, -0.15) is 0 Å². The summed E-state index contributed by atoms with van der Waals surface area (Å²) in [6, 6.07) is 23.8. The van der Waals surface area contributed by atoms with Crippen molar-refractivity contribution in [1.29, 1.82) is 0 Å². The Balaban J connectivity index is 1.50. The first-order valence-corrected chi connectivity index (χ1v) is 18.0. The van der Waals surface area contributed by atoms with Crippen molar-refractivity contribution in [3.05, 3.63) is 156 Å². The van der Waals surface area contributed by atoms with Crippen molar-refractivity contribution in [3.8, 4) is 22.3 Å². The van der Waals surface area contributed by atoms with Crippen LogP contribution in [0.25, 0.3) is 43.8 Å². The van der Waals surface area contributed by atoms with Gasteiger partial charge >= 0.3 is 0 Å². The minimum atomic E-state index is -0.508. The number of nitrogens with zero attached hydrogens (tertiary/aromatic N) is 2. The minimum absolute atomic E-state index is 0.0119. The number of para-hydroxylation sites is 2. The Kier molecular flexibility index (Phi) is 4.96. The predicted octanol–water partition coefficient (Wildman–Crippen LogP) is 13.7. The maximum Gasteiger partial charge on any atom is 0.0629 e. The maximum absolute atomic E-state index is 9.36. The number of hydrogen-bond acceptors (Lipinski definition) is 2. The second-order valence-electron chi connectivity index (χ2n) is 16.3. The third-order valence-electron chi connectivity index (χ3n) is 12.9. The van der Waals surface area contributed by atoms with E-state index in [4.69, 9.17) is 8.22 Å². The van der Waals surface area contributed by atoms with Crippen molar-refractivity contribution >= 4 is 44.3 Å². The number of fused-ring (bicyclic) bond motifs is 4. The predicted molar refractivity (Wildman–Crippen MR) is 224 cm³/mol. The molecule has 0 saturated heterocycles. The van der Waals surface area contributed by atoms with Crippen LogP contribution in [0.15, 0.2) is 145 Å². The molecular weight excluding hydrogens is 629 g/mol. The van der Waals surface area contributed by atoms with Gasteiger partial charge in [0.25, 0.3) is 0 Å². The molecule has 0 radical (unpaired) electrons. The summed E-state index contributed by atoms with van der Waals surface area (Å²) < 4.78 is 89.8. The second kappa shape index (κ2) is 11.1. The van der Waals surface area contributed by atoms with Gasteiger partial charge in [0.15, 0.2) is 0 Å². The topological polar surface area (TPSA) is 6.48 Å². The first-order chi connectivity index (χ1) is 29.0. The molecule has 0 aliphatic carbocycles. The molecule has 2 aliphatic heterocycles. The van der Waals surface area contributed by atoms with E-state index in [-0.39, 0.29) is 46.1 Å². The van der Waals surface area contributed by atoms with Crippen molar-refractivity contribution in [2.24, 2.45) is 0 Å². The van der Waals surface area contributed by atoms with Crippen molar-refractivity contribution in [2.75, 3.05) is 9.80 Å². The third kappa shape index (κ3) is 4.30. The van der Waals surface area contributed by atoms with Crippen LogP contribution in [0.3, 0.4) is 0 Å². The molecule has 0 unspecified atom stereocenters. The average Bonchev–Trinajstić information content (AvgIpc) is 3.51. The summed E-state index contributed by atoms with van der Waals surface area (Å²) in [5.41, 5.74) is 5.20. The van der Waals surface area contributed by atoms with E-state index < -0.39 is 47.3 Å². The van der Waals surface area contributed by atoms with Gasteiger partial charge in [-0.15, -0.1) is 0 Å². The van der Waals surface area contributed by atoms with Gasteiger partial charge in [0.1, 0.15) is 0 Å². The third-order valence-corrected chi connectivity index (χ3v) is 12.9. The summed E-state index contributed by atoms with van der Waals surface area (Å²) in [5, 5.41) is 2.03. The zero-order valence-electron chi connectivity index (χ0n) is 41.0. The lowest BCUT2D eigenvalue weighted by Crippen LogP contribution is -2.48. The fraction of sp³-hybridized carbons (Fsp3) is 0.240. The highest BCUT2D eigenvalue weighted by atomic mass is 15.2. The van der Waals surface area contributed by atoms with Crippen molar-refractivity contribution in [2.45, 2.75) is 77.3 Å². The Morgan fingerprint density at radius 3 is 1.17 bits per heavy atom. The summed E-state index contributed by atoms with van der Waals surface area (Å²) in [6.45, 7) is 17.6. The molecule has 7 aromatic rings. The molecular formula is C50H48N2. The summed E-state index contributed by atoms with van der Waals surface area (Å²) in [7, 11) is 0. The van der Waals surface area contributed by atoms with Crippen LogP contribution in [0, 0.1) is 0 Å². The molecule has 0 saturated carbocycles. The van der Waals surface area contributed by atoms with Gasteiger partial charge in [0.2, 0.25) is 0 Å². The van der Waals surface area contributed by atoms with Gasteiger partial charge in [-0.25, -0.2) is 0 Å². The van der Waals surface area contributed by atoms with E-state index in [2.05, 4.69) is 89.5 Å². The molecule has 2 nitrogen and oxygen atoms in total. The van der Waals surface area contributed by atoms with Crippen LogP contribution in [-0.4, -0.2) is 11.1 Å². The van der Waals surface area contributed by atoms with Gasteiger partial charge < -0.3 is 9.80 Å². The van der Waals surface area contributed by atoms with E-state index in [0.29, 0.717) is 32.7 Å². The molecule has 7 aromatic carbocycles. The Hall–Kier alpha value is -5.34. The van der Waals surface area contributed by atoms with E-state index in [1.54, 1.807) is 0 Å². The fourth-order valence-electron chi connectivity index (χ4n) is 8.91. The van der Waals surface area contributed by atoms with Crippen LogP contribution in [-0.2, 0) is 10.8 Å². The van der Waals surface area contributed by atoms with Gasteiger partial charge in [-0.3, -0.25) is 0 Å². The molecule has 2 heterocycles. The van der Waals surface area contributed by atoms with Crippen LogP contribution in [0.4, 0.5) is 22.7 Å². The lowest BCUT2D eigenvalue weighted by molar-refractivity contribution is 0.330. The first-order valence-electron chi connectivity index (χ1n) is 23.0. The number of benzene rings is 7. The Morgan fingerprint density at radius 1 is 0.423 bits per heavy atom. The van der Waals surface area contributed by atoms with Crippen molar-refractivity contribution < 1.29 is 13.7 Å².